The summed E-state index contributed by atoms with van der Waals surface area (Å²) in [4.78, 5) is 0. The first-order valence-electron chi connectivity index (χ1n) is 5.85. The lowest BCUT2D eigenvalue weighted by atomic mass is 10.2. The molecule has 0 atom stereocenters. The molecule has 7 heteroatoms. The van der Waals surface area contributed by atoms with Crippen molar-refractivity contribution in [3.63, 3.8) is 0 Å². The number of benzene rings is 2. The molecule has 2 aromatic carbocycles. The summed E-state index contributed by atoms with van der Waals surface area (Å²) >= 11 is 5.75. The topological polar surface area (TPSA) is 67.8 Å². The number of amidine groups is 1. The Bertz CT molecular complexity index is 693. The van der Waals surface area contributed by atoms with Crippen molar-refractivity contribution in [3.05, 3.63) is 64.2 Å². The minimum absolute atomic E-state index is 0.0798. The van der Waals surface area contributed by atoms with Gasteiger partial charge in [-0.05, 0) is 36.4 Å². The van der Waals surface area contributed by atoms with E-state index in [2.05, 4.69) is 5.16 Å². The van der Waals surface area contributed by atoms with Crippen LogP contribution in [0.25, 0.3) is 0 Å². The molecule has 0 unspecified atom stereocenters. The highest BCUT2D eigenvalue weighted by Gasteiger charge is 2.09. The molecule has 0 aliphatic rings. The molecule has 0 saturated heterocycles. The van der Waals surface area contributed by atoms with Crippen LogP contribution in [0.4, 0.5) is 8.78 Å². The maximum absolute atomic E-state index is 13.8. The fraction of sp³-hybridized carbons (Fsp3) is 0.0714. The smallest absolute Gasteiger partial charge is 0.170 e. The van der Waals surface area contributed by atoms with Crippen LogP contribution in [0.3, 0.4) is 0 Å². The van der Waals surface area contributed by atoms with E-state index in [1.165, 1.54) is 30.3 Å². The monoisotopic (exact) mass is 312 g/mol. The van der Waals surface area contributed by atoms with E-state index in [0.29, 0.717) is 5.02 Å². The maximum Gasteiger partial charge on any atom is 0.170 e. The van der Waals surface area contributed by atoms with Gasteiger partial charge in [-0.3, -0.25) is 0 Å². The van der Waals surface area contributed by atoms with E-state index < -0.39 is 11.6 Å². The van der Waals surface area contributed by atoms with Crippen molar-refractivity contribution < 1.29 is 18.7 Å². The number of rotatable bonds is 4. The third-order valence-corrected chi connectivity index (χ3v) is 2.96. The van der Waals surface area contributed by atoms with Crippen molar-refractivity contribution in [3.8, 4) is 5.75 Å². The van der Waals surface area contributed by atoms with Crippen LogP contribution in [-0.2, 0) is 6.61 Å². The lowest BCUT2D eigenvalue weighted by molar-refractivity contribution is 0.284. The summed E-state index contributed by atoms with van der Waals surface area (Å²) in [6.07, 6.45) is 0. The first-order valence-corrected chi connectivity index (χ1v) is 6.23. The van der Waals surface area contributed by atoms with Gasteiger partial charge in [0.05, 0.1) is 0 Å². The second-order valence-electron chi connectivity index (χ2n) is 4.15. The van der Waals surface area contributed by atoms with E-state index in [1.807, 2.05) is 0 Å². The lowest BCUT2D eigenvalue weighted by Crippen LogP contribution is -2.13. The number of halogens is 3. The Kier molecular flexibility index (Phi) is 4.59. The first kappa shape index (κ1) is 15.1. The van der Waals surface area contributed by atoms with Gasteiger partial charge in [0.2, 0.25) is 0 Å². The van der Waals surface area contributed by atoms with E-state index in [1.54, 1.807) is 0 Å². The van der Waals surface area contributed by atoms with E-state index in [4.69, 9.17) is 27.3 Å². The average Bonchev–Trinajstić information content (AvgIpc) is 2.48. The zero-order valence-corrected chi connectivity index (χ0v) is 11.4. The van der Waals surface area contributed by atoms with Crippen molar-refractivity contribution in [2.45, 2.75) is 6.61 Å². The molecule has 0 saturated carbocycles. The molecule has 0 spiro atoms. The zero-order chi connectivity index (χ0) is 15.4. The third kappa shape index (κ3) is 3.61. The van der Waals surface area contributed by atoms with Crippen LogP contribution >= 0.6 is 11.6 Å². The highest BCUT2D eigenvalue weighted by atomic mass is 35.5. The largest absolute Gasteiger partial charge is 0.486 e. The van der Waals surface area contributed by atoms with Crippen molar-refractivity contribution in [2.24, 2.45) is 10.9 Å². The van der Waals surface area contributed by atoms with Gasteiger partial charge < -0.3 is 15.7 Å². The standard InChI is InChI=1S/C14H11ClF2N2O2/c15-10-2-3-11(16)9(5-10)7-21-13-4-1-8(6-12(13)17)14(18)19-20/h1-6,20H,7H2,(H2,18,19). The number of oxime groups is 1. The first-order chi connectivity index (χ1) is 10.0. The molecule has 0 fully saturated rings. The molecule has 0 bridgehead atoms. The Morgan fingerprint density at radius 1 is 1.19 bits per heavy atom. The fourth-order valence-electron chi connectivity index (χ4n) is 1.64. The predicted molar refractivity (Wildman–Crippen MR) is 74.7 cm³/mol. The Morgan fingerprint density at radius 3 is 2.62 bits per heavy atom. The summed E-state index contributed by atoms with van der Waals surface area (Å²) in [6, 6.07) is 7.80. The summed E-state index contributed by atoms with van der Waals surface area (Å²) in [5.74, 6) is -1.50. The molecule has 0 amide bonds. The molecule has 0 aliphatic carbocycles. The Morgan fingerprint density at radius 2 is 1.95 bits per heavy atom. The number of nitrogens with zero attached hydrogens (tertiary/aromatic N) is 1. The van der Waals surface area contributed by atoms with Crippen LogP contribution < -0.4 is 10.5 Å². The molecule has 3 N–H and O–H groups in total. The second kappa shape index (κ2) is 6.41. The molecular weight excluding hydrogens is 302 g/mol. The van der Waals surface area contributed by atoms with Gasteiger partial charge in [0.15, 0.2) is 17.4 Å². The highest BCUT2D eigenvalue weighted by molar-refractivity contribution is 6.30. The Hall–Kier alpha value is -2.34. The quantitative estimate of drug-likeness (QED) is 0.394. The molecule has 0 heterocycles. The molecule has 21 heavy (non-hydrogen) atoms. The minimum Gasteiger partial charge on any atom is -0.486 e. The molecule has 0 radical (unpaired) electrons. The highest BCUT2D eigenvalue weighted by Crippen LogP contribution is 2.21. The maximum atomic E-state index is 13.8. The zero-order valence-electron chi connectivity index (χ0n) is 10.7. The second-order valence-corrected chi connectivity index (χ2v) is 4.59. The van der Waals surface area contributed by atoms with Crippen molar-refractivity contribution >= 4 is 17.4 Å². The molecule has 0 aromatic heterocycles. The van der Waals surface area contributed by atoms with Crippen LogP contribution in [-0.4, -0.2) is 11.0 Å². The van der Waals surface area contributed by atoms with E-state index in [9.17, 15) is 8.78 Å². The number of hydrogen-bond donors (Lipinski definition) is 2. The number of nitrogens with two attached hydrogens (primary N) is 1. The minimum atomic E-state index is -0.707. The SMILES string of the molecule is N/C(=N/O)c1ccc(OCc2cc(Cl)ccc2F)c(F)c1. The van der Waals surface area contributed by atoms with Crippen molar-refractivity contribution in [2.75, 3.05) is 0 Å². The van der Waals surface area contributed by atoms with Crippen LogP contribution in [0.15, 0.2) is 41.6 Å². The van der Waals surface area contributed by atoms with Crippen molar-refractivity contribution in [1.82, 2.24) is 0 Å². The van der Waals surface area contributed by atoms with Crippen molar-refractivity contribution in [1.29, 1.82) is 0 Å². The molecule has 2 aromatic rings. The summed E-state index contributed by atoms with van der Waals surface area (Å²) in [5.41, 5.74) is 5.76. The van der Waals surface area contributed by atoms with Crippen LogP contribution in [0.1, 0.15) is 11.1 Å². The summed E-state index contributed by atoms with van der Waals surface area (Å²) in [7, 11) is 0. The molecule has 2 rings (SSSR count). The lowest BCUT2D eigenvalue weighted by Gasteiger charge is -2.09. The molecule has 0 aliphatic heterocycles. The van der Waals surface area contributed by atoms with Gasteiger partial charge in [0, 0.05) is 16.1 Å². The molecule has 4 nitrogen and oxygen atoms in total. The van der Waals surface area contributed by atoms with Gasteiger partial charge >= 0.3 is 0 Å². The van der Waals surface area contributed by atoms with E-state index >= 15 is 0 Å². The third-order valence-electron chi connectivity index (χ3n) is 2.73. The van der Waals surface area contributed by atoms with Gasteiger partial charge in [0.25, 0.3) is 0 Å². The average molecular weight is 313 g/mol. The summed E-state index contributed by atoms with van der Waals surface area (Å²) in [5, 5.41) is 11.6. The Balaban J connectivity index is 2.15. The fourth-order valence-corrected chi connectivity index (χ4v) is 1.84. The normalized spacial score (nSPS) is 11.5. The van der Waals surface area contributed by atoms with Crippen LogP contribution in [0.5, 0.6) is 5.75 Å². The van der Waals surface area contributed by atoms with Gasteiger partial charge in [-0.1, -0.05) is 16.8 Å². The molecular formula is C14H11ClF2N2O2. The van der Waals surface area contributed by atoms with Gasteiger partial charge in [-0.15, -0.1) is 0 Å². The summed E-state index contributed by atoms with van der Waals surface area (Å²) in [6.45, 7) is -0.174. The summed E-state index contributed by atoms with van der Waals surface area (Å²) < 4.78 is 32.5. The Labute approximate surface area is 124 Å². The van der Waals surface area contributed by atoms with Crippen LogP contribution in [0, 0.1) is 11.6 Å². The number of ether oxygens (including phenoxy) is 1. The van der Waals surface area contributed by atoms with Gasteiger partial charge in [-0.25, -0.2) is 8.78 Å². The van der Waals surface area contributed by atoms with Crippen LogP contribution in [0.2, 0.25) is 5.02 Å². The molecule has 110 valence electrons. The number of hydrogen-bond acceptors (Lipinski definition) is 3. The predicted octanol–water partition coefficient (Wildman–Crippen LogP) is 3.29. The van der Waals surface area contributed by atoms with E-state index in [-0.39, 0.29) is 29.3 Å². The van der Waals surface area contributed by atoms with Gasteiger partial charge in [0.1, 0.15) is 12.4 Å². The van der Waals surface area contributed by atoms with Gasteiger partial charge in [-0.2, -0.15) is 0 Å². The van der Waals surface area contributed by atoms with E-state index in [0.717, 1.165) is 6.07 Å².